The predicted octanol–water partition coefficient (Wildman–Crippen LogP) is 5.30. The Kier molecular flexibility index (Phi) is 4.67. The van der Waals surface area contributed by atoms with Gasteiger partial charge in [0.1, 0.15) is 10.0 Å². The molecule has 106 valence electrons. The molecule has 0 spiro atoms. The van der Waals surface area contributed by atoms with Gasteiger partial charge in [-0.05, 0) is 53.0 Å². The first-order valence-corrected chi connectivity index (χ1v) is 7.80. The molecule has 0 aliphatic carbocycles. The van der Waals surface area contributed by atoms with Crippen LogP contribution in [0.25, 0.3) is 0 Å². The Hall–Kier alpha value is -1.11. The number of hydrogen-bond donors (Lipinski definition) is 1. The molecule has 0 unspecified atom stereocenters. The van der Waals surface area contributed by atoms with Gasteiger partial charge < -0.3 is 5.32 Å². The SMILES string of the molecule is Cc1cc(NCc2cc(Br)c(Cl)s2)c([N+](=O)[O-])cc1C. The van der Waals surface area contributed by atoms with Crippen molar-refractivity contribution >= 4 is 50.2 Å². The number of nitrogens with zero attached hydrogens (tertiary/aromatic N) is 1. The normalized spacial score (nSPS) is 10.6. The third-order valence-corrected chi connectivity index (χ3v) is 5.43. The van der Waals surface area contributed by atoms with E-state index in [9.17, 15) is 10.1 Å². The van der Waals surface area contributed by atoms with Crippen LogP contribution in [0.5, 0.6) is 0 Å². The Morgan fingerprint density at radius 2 is 2.00 bits per heavy atom. The van der Waals surface area contributed by atoms with Gasteiger partial charge in [0.2, 0.25) is 0 Å². The van der Waals surface area contributed by atoms with Crippen molar-refractivity contribution in [3.8, 4) is 0 Å². The van der Waals surface area contributed by atoms with Crippen LogP contribution in [0.3, 0.4) is 0 Å². The van der Waals surface area contributed by atoms with Crippen molar-refractivity contribution in [2.24, 2.45) is 0 Å². The molecule has 2 rings (SSSR count). The number of benzene rings is 1. The molecular weight excluding hydrogens is 364 g/mol. The van der Waals surface area contributed by atoms with Gasteiger partial charge in [-0.1, -0.05) is 11.6 Å². The second-order valence-electron chi connectivity index (χ2n) is 4.40. The van der Waals surface area contributed by atoms with Crippen LogP contribution in [-0.4, -0.2) is 4.92 Å². The molecule has 0 atom stereocenters. The number of aryl methyl sites for hydroxylation is 2. The number of anilines is 1. The quantitative estimate of drug-likeness (QED) is 0.582. The third kappa shape index (κ3) is 3.31. The van der Waals surface area contributed by atoms with E-state index in [1.807, 2.05) is 19.9 Å². The lowest BCUT2D eigenvalue weighted by molar-refractivity contribution is -0.384. The molecular formula is C13H12BrClN2O2S. The number of halogens is 2. The second kappa shape index (κ2) is 6.11. The molecule has 1 heterocycles. The third-order valence-electron chi connectivity index (χ3n) is 2.96. The fourth-order valence-corrected chi connectivity index (χ4v) is 3.48. The van der Waals surface area contributed by atoms with Crippen LogP contribution in [0.4, 0.5) is 11.4 Å². The molecule has 7 heteroatoms. The van der Waals surface area contributed by atoms with E-state index >= 15 is 0 Å². The number of hydrogen-bond acceptors (Lipinski definition) is 4. The highest BCUT2D eigenvalue weighted by Crippen LogP contribution is 2.33. The van der Waals surface area contributed by atoms with Crippen LogP contribution in [0.2, 0.25) is 4.34 Å². The van der Waals surface area contributed by atoms with Gasteiger partial charge in [0.05, 0.1) is 4.92 Å². The van der Waals surface area contributed by atoms with Gasteiger partial charge in [0.15, 0.2) is 0 Å². The monoisotopic (exact) mass is 374 g/mol. The summed E-state index contributed by atoms with van der Waals surface area (Å²) in [6.45, 7) is 4.30. The number of thiophene rings is 1. The molecule has 1 N–H and O–H groups in total. The lowest BCUT2D eigenvalue weighted by Gasteiger charge is -2.08. The van der Waals surface area contributed by atoms with E-state index in [1.165, 1.54) is 11.3 Å². The van der Waals surface area contributed by atoms with Gasteiger partial charge in [0.25, 0.3) is 5.69 Å². The highest BCUT2D eigenvalue weighted by atomic mass is 79.9. The Bertz CT molecular complexity index is 653. The zero-order valence-electron chi connectivity index (χ0n) is 10.9. The molecule has 0 saturated heterocycles. The summed E-state index contributed by atoms with van der Waals surface area (Å²) in [5.74, 6) is 0. The second-order valence-corrected chi connectivity index (χ2v) is 6.99. The molecule has 0 saturated carbocycles. The minimum atomic E-state index is -0.369. The van der Waals surface area contributed by atoms with Crippen molar-refractivity contribution < 1.29 is 4.92 Å². The van der Waals surface area contributed by atoms with E-state index in [2.05, 4.69) is 21.2 Å². The first-order valence-electron chi connectivity index (χ1n) is 5.81. The molecule has 2 aromatic rings. The summed E-state index contributed by atoms with van der Waals surface area (Å²) in [5.41, 5.74) is 2.54. The summed E-state index contributed by atoms with van der Waals surface area (Å²) in [6.07, 6.45) is 0. The lowest BCUT2D eigenvalue weighted by Crippen LogP contribution is -2.02. The average Bonchev–Trinajstić information content (AvgIpc) is 2.69. The first-order chi connectivity index (χ1) is 9.38. The Morgan fingerprint density at radius 1 is 1.35 bits per heavy atom. The Labute approximate surface area is 134 Å². The molecule has 0 radical (unpaired) electrons. The highest BCUT2D eigenvalue weighted by Gasteiger charge is 2.15. The fourth-order valence-electron chi connectivity index (χ4n) is 1.75. The van der Waals surface area contributed by atoms with Gasteiger partial charge >= 0.3 is 0 Å². The summed E-state index contributed by atoms with van der Waals surface area (Å²) >= 11 is 10.8. The fraction of sp³-hybridized carbons (Fsp3) is 0.231. The summed E-state index contributed by atoms with van der Waals surface area (Å²) in [5, 5.41) is 14.2. The summed E-state index contributed by atoms with van der Waals surface area (Å²) < 4.78 is 1.52. The van der Waals surface area contributed by atoms with Crippen LogP contribution in [0.1, 0.15) is 16.0 Å². The molecule has 4 nitrogen and oxygen atoms in total. The maximum Gasteiger partial charge on any atom is 0.292 e. The molecule has 1 aromatic heterocycles. The summed E-state index contributed by atoms with van der Waals surface area (Å²) in [6, 6.07) is 5.31. The van der Waals surface area contributed by atoms with Gasteiger partial charge in [-0.3, -0.25) is 10.1 Å². The largest absolute Gasteiger partial charge is 0.375 e. The van der Waals surface area contributed by atoms with Gasteiger partial charge in [-0.25, -0.2) is 0 Å². The maximum atomic E-state index is 11.1. The topological polar surface area (TPSA) is 55.2 Å². The van der Waals surface area contributed by atoms with Crippen molar-refractivity contribution in [3.63, 3.8) is 0 Å². The zero-order valence-corrected chi connectivity index (χ0v) is 14.0. The van der Waals surface area contributed by atoms with Gasteiger partial charge in [-0.15, -0.1) is 11.3 Å². The van der Waals surface area contributed by atoms with Crippen molar-refractivity contribution in [2.75, 3.05) is 5.32 Å². The minimum Gasteiger partial charge on any atom is -0.375 e. The smallest absolute Gasteiger partial charge is 0.292 e. The van der Waals surface area contributed by atoms with E-state index < -0.39 is 0 Å². The number of nitro groups is 1. The summed E-state index contributed by atoms with van der Waals surface area (Å²) in [4.78, 5) is 11.7. The zero-order chi connectivity index (χ0) is 14.9. The molecule has 0 amide bonds. The molecule has 1 aromatic carbocycles. The average molecular weight is 376 g/mol. The number of rotatable bonds is 4. The highest BCUT2D eigenvalue weighted by molar-refractivity contribution is 9.10. The number of nitro benzene ring substituents is 1. The summed E-state index contributed by atoms with van der Waals surface area (Å²) in [7, 11) is 0. The molecule has 20 heavy (non-hydrogen) atoms. The van der Waals surface area contributed by atoms with Crippen LogP contribution < -0.4 is 5.32 Å². The van der Waals surface area contributed by atoms with Crippen LogP contribution in [0.15, 0.2) is 22.7 Å². The Balaban J connectivity index is 2.24. The van der Waals surface area contributed by atoms with Crippen molar-refractivity contribution in [3.05, 3.63) is 53.1 Å². The molecule has 0 bridgehead atoms. The predicted molar refractivity (Wildman–Crippen MR) is 86.9 cm³/mol. The van der Waals surface area contributed by atoms with Gasteiger partial charge in [-0.2, -0.15) is 0 Å². The van der Waals surface area contributed by atoms with Crippen LogP contribution >= 0.6 is 38.9 Å². The van der Waals surface area contributed by atoms with E-state index in [0.717, 1.165) is 20.5 Å². The van der Waals surface area contributed by atoms with E-state index in [4.69, 9.17) is 11.6 Å². The van der Waals surface area contributed by atoms with Crippen molar-refractivity contribution in [2.45, 2.75) is 20.4 Å². The van der Waals surface area contributed by atoms with Gasteiger partial charge in [0, 0.05) is 22.0 Å². The minimum absolute atomic E-state index is 0.0924. The molecule has 0 aliphatic rings. The lowest BCUT2D eigenvalue weighted by atomic mass is 10.1. The number of nitrogens with one attached hydrogen (secondary N) is 1. The van der Waals surface area contributed by atoms with Crippen LogP contribution in [0, 0.1) is 24.0 Å². The standard InChI is InChI=1S/C13H12BrClN2O2S/c1-7-3-11(12(17(18)19)4-8(7)2)16-6-9-5-10(14)13(15)20-9/h3-5,16H,6H2,1-2H3. The maximum absolute atomic E-state index is 11.1. The Morgan fingerprint density at radius 3 is 2.55 bits per heavy atom. The van der Waals surface area contributed by atoms with Crippen molar-refractivity contribution in [1.29, 1.82) is 0 Å². The van der Waals surface area contributed by atoms with Crippen LogP contribution in [-0.2, 0) is 6.54 Å². The molecule has 0 fully saturated rings. The first kappa shape index (κ1) is 15.3. The van der Waals surface area contributed by atoms with E-state index in [0.29, 0.717) is 16.6 Å². The van der Waals surface area contributed by atoms with Crippen molar-refractivity contribution in [1.82, 2.24) is 0 Å². The van der Waals surface area contributed by atoms with E-state index in [1.54, 1.807) is 12.1 Å². The molecule has 0 aliphatic heterocycles. The van der Waals surface area contributed by atoms with E-state index in [-0.39, 0.29) is 10.6 Å².